The molecular formula is C15H24ClNO2. The second kappa shape index (κ2) is 7.59. The maximum atomic E-state index is 12.2. The standard InChI is InChI=1S/C15H24ClNO2/c1-5-6-13(7-8-16)9-17-15(18)14-10(2)11(3)19-12(14)4/h13H,5-9H2,1-4H3,(H,17,18). The van der Waals surface area contributed by atoms with E-state index in [4.69, 9.17) is 16.0 Å². The van der Waals surface area contributed by atoms with Crippen molar-refractivity contribution < 1.29 is 9.21 Å². The summed E-state index contributed by atoms with van der Waals surface area (Å²) in [6, 6.07) is 0. The molecule has 0 radical (unpaired) electrons. The third-order valence-corrected chi connectivity index (χ3v) is 3.77. The Bertz CT molecular complexity index is 420. The van der Waals surface area contributed by atoms with Crippen LogP contribution >= 0.6 is 11.6 Å². The zero-order valence-electron chi connectivity index (χ0n) is 12.3. The number of furan rings is 1. The summed E-state index contributed by atoms with van der Waals surface area (Å²) in [4.78, 5) is 12.2. The zero-order chi connectivity index (χ0) is 14.4. The second-order valence-corrected chi connectivity index (χ2v) is 5.43. The Kier molecular flexibility index (Phi) is 6.43. The second-order valence-electron chi connectivity index (χ2n) is 5.06. The lowest BCUT2D eigenvalue weighted by molar-refractivity contribution is 0.0944. The van der Waals surface area contributed by atoms with Crippen LogP contribution in [0.1, 0.15) is 53.6 Å². The van der Waals surface area contributed by atoms with Crippen molar-refractivity contribution in [1.82, 2.24) is 5.32 Å². The van der Waals surface area contributed by atoms with E-state index in [2.05, 4.69) is 12.2 Å². The van der Waals surface area contributed by atoms with Gasteiger partial charge in [0, 0.05) is 18.0 Å². The average Bonchev–Trinajstić information content (AvgIpc) is 2.61. The normalized spacial score (nSPS) is 12.5. The van der Waals surface area contributed by atoms with E-state index in [-0.39, 0.29) is 5.91 Å². The first kappa shape index (κ1) is 16.1. The predicted molar refractivity (Wildman–Crippen MR) is 79.0 cm³/mol. The predicted octanol–water partition coefficient (Wildman–Crippen LogP) is 3.98. The van der Waals surface area contributed by atoms with Gasteiger partial charge in [0.15, 0.2) is 0 Å². The quantitative estimate of drug-likeness (QED) is 0.770. The first-order valence-electron chi connectivity index (χ1n) is 6.92. The summed E-state index contributed by atoms with van der Waals surface area (Å²) in [5.74, 6) is 2.57. The molecule has 0 fully saturated rings. The van der Waals surface area contributed by atoms with E-state index in [0.29, 0.717) is 29.7 Å². The van der Waals surface area contributed by atoms with E-state index < -0.39 is 0 Å². The molecule has 0 saturated carbocycles. The van der Waals surface area contributed by atoms with Crippen molar-refractivity contribution in [3.05, 3.63) is 22.6 Å². The van der Waals surface area contributed by atoms with Gasteiger partial charge in [0.05, 0.1) is 5.56 Å². The van der Waals surface area contributed by atoms with E-state index in [1.165, 1.54) is 0 Å². The highest BCUT2D eigenvalue weighted by Crippen LogP contribution is 2.20. The maximum Gasteiger partial charge on any atom is 0.255 e. The zero-order valence-corrected chi connectivity index (χ0v) is 13.1. The Labute approximate surface area is 120 Å². The molecule has 0 spiro atoms. The highest BCUT2D eigenvalue weighted by Gasteiger charge is 2.19. The molecule has 108 valence electrons. The highest BCUT2D eigenvalue weighted by molar-refractivity contribution is 6.17. The number of carbonyl (C=O) groups is 1. The van der Waals surface area contributed by atoms with Crippen LogP contribution in [0.15, 0.2) is 4.42 Å². The van der Waals surface area contributed by atoms with Crippen molar-refractivity contribution in [2.24, 2.45) is 5.92 Å². The van der Waals surface area contributed by atoms with Gasteiger partial charge in [-0.15, -0.1) is 11.6 Å². The summed E-state index contributed by atoms with van der Waals surface area (Å²) in [5.41, 5.74) is 1.61. The molecule has 3 nitrogen and oxygen atoms in total. The van der Waals surface area contributed by atoms with Crippen LogP contribution in [0.5, 0.6) is 0 Å². The fraction of sp³-hybridized carbons (Fsp3) is 0.667. The number of hydrogen-bond acceptors (Lipinski definition) is 2. The van der Waals surface area contributed by atoms with E-state index in [9.17, 15) is 4.79 Å². The molecular weight excluding hydrogens is 262 g/mol. The Hall–Kier alpha value is -0.960. The van der Waals surface area contributed by atoms with Crippen LogP contribution in [0.4, 0.5) is 0 Å². The monoisotopic (exact) mass is 285 g/mol. The van der Waals surface area contributed by atoms with Crippen LogP contribution in [-0.4, -0.2) is 18.3 Å². The summed E-state index contributed by atoms with van der Waals surface area (Å²) in [7, 11) is 0. The fourth-order valence-corrected chi connectivity index (χ4v) is 2.67. The smallest absolute Gasteiger partial charge is 0.255 e. The summed E-state index contributed by atoms with van der Waals surface area (Å²) < 4.78 is 5.49. The number of rotatable bonds is 7. The lowest BCUT2D eigenvalue weighted by atomic mass is 10.0. The molecule has 1 amide bonds. The summed E-state index contributed by atoms with van der Waals surface area (Å²) in [6.45, 7) is 8.46. The number of amides is 1. The van der Waals surface area contributed by atoms with Gasteiger partial charge in [-0.25, -0.2) is 0 Å². The van der Waals surface area contributed by atoms with Crippen LogP contribution in [-0.2, 0) is 0 Å². The van der Waals surface area contributed by atoms with E-state index in [1.807, 2.05) is 20.8 Å². The molecule has 4 heteroatoms. The summed E-state index contributed by atoms with van der Waals surface area (Å²) >= 11 is 5.79. The number of carbonyl (C=O) groups excluding carboxylic acids is 1. The van der Waals surface area contributed by atoms with Crippen LogP contribution in [0.2, 0.25) is 0 Å². The molecule has 19 heavy (non-hydrogen) atoms. The van der Waals surface area contributed by atoms with Crippen molar-refractivity contribution in [3.63, 3.8) is 0 Å². The molecule has 0 aliphatic carbocycles. The minimum atomic E-state index is -0.0393. The first-order valence-corrected chi connectivity index (χ1v) is 7.45. The van der Waals surface area contributed by atoms with Crippen molar-refractivity contribution in [2.45, 2.75) is 47.0 Å². The average molecular weight is 286 g/mol. The van der Waals surface area contributed by atoms with Crippen molar-refractivity contribution >= 4 is 17.5 Å². The molecule has 1 atom stereocenters. The Morgan fingerprint density at radius 2 is 1.95 bits per heavy atom. The minimum absolute atomic E-state index is 0.0393. The minimum Gasteiger partial charge on any atom is -0.466 e. The van der Waals surface area contributed by atoms with Gasteiger partial charge >= 0.3 is 0 Å². The van der Waals surface area contributed by atoms with Crippen LogP contribution in [0, 0.1) is 26.7 Å². The highest BCUT2D eigenvalue weighted by atomic mass is 35.5. The van der Waals surface area contributed by atoms with Gasteiger partial charge in [-0.2, -0.15) is 0 Å². The lowest BCUT2D eigenvalue weighted by Crippen LogP contribution is -2.30. The third-order valence-electron chi connectivity index (χ3n) is 3.55. The van der Waals surface area contributed by atoms with Gasteiger partial charge in [-0.1, -0.05) is 13.3 Å². The Morgan fingerprint density at radius 1 is 1.26 bits per heavy atom. The topological polar surface area (TPSA) is 42.2 Å². The van der Waals surface area contributed by atoms with E-state index in [0.717, 1.165) is 30.6 Å². The van der Waals surface area contributed by atoms with Gasteiger partial charge < -0.3 is 9.73 Å². The Morgan fingerprint density at radius 3 is 2.42 bits per heavy atom. The number of alkyl halides is 1. The van der Waals surface area contributed by atoms with Gasteiger partial charge in [-0.3, -0.25) is 4.79 Å². The van der Waals surface area contributed by atoms with E-state index in [1.54, 1.807) is 0 Å². The molecule has 1 unspecified atom stereocenters. The van der Waals surface area contributed by atoms with Gasteiger partial charge in [0.1, 0.15) is 11.5 Å². The molecule has 1 aromatic heterocycles. The molecule has 0 aliphatic rings. The molecule has 1 rings (SSSR count). The van der Waals surface area contributed by atoms with Crippen LogP contribution in [0.3, 0.4) is 0 Å². The van der Waals surface area contributed by atoms with Gasteiger partial charge in [0.25, 0.3) is 5.91 Å². The lowest BCUT2D eigenvalue weighted by Gasteiger charge is -2.15. The Balaban J connectivity index is 2.64. The maximum absolute atomic E-state index is 12.2. The molecule has 0 bridgehead atoms. The number of nitrogens with one attached hydrogen (secondary N) is 1. The largest absolute Gasteiger partial charge is 0.466 e. The number of halogens is 1. The fourth-order valence-electron chi connectivity index (χ4n) is 2.36. The van der Waals surface area contributed by atoms with Crippen molar-refractivity contribution in [2.75, 3.05) is 12.4 Å². The molecule has 0 aromatic carbocycles. The first-order chi connectivity index (χ1) is 9.01. The van der Waals surface area contributed by atoms with E-state index >= 15 is 0 Å². The van der Waals surface area contributed by atoms with Crippen LogP contribution < -0.4 is 5.32 Å². The molecule has 0 aliphatic heterocycles. The molecule has 1 N–H and O–H groups in total. The number of aryl methyl sites for hydroxylation is 2. The van der Waals surface area contributed by atoms with Crippen LogP contribution in [0.25, 0.3) is 0 Å². The molecule has 1 heterocycles. The SMILES string of the molecule is CCCC(CCCl)CNC(=O)c1c(C)oc(C)c1C. The van der Waals surface area contributed by atoms with Crippen molar-refractivity contribution in [1.29, 1.82) is 0 Å². The molecule has 0 saturated heterocycles. The van der Waals surface area contributed by atoms with Gasteiger partial charge in [-0.05, 0) is 39.5 Å². The van der Waals surface area contributed by atoms with Crippen molar-refractivity contribution in [3.8, 4) is 0 Å². The van der Waals surface area contributed by atoms with Gasteiger partial charge in [0.2, 0.25) is 0 Å². The third kappa shape index (κ3) is 4.27. The molecule has 1 aromatic rings. The summed E-state index contributed by atoms with van der Waals surface area (Å²) in [5, 5.41) is 3.01. The summed E-state index contributed by atoms with van der Waals surface area (Å²) in [6.07, 6.45) is 3.15. The number of hydrogen-bond donors (Lipinski definition) is 1.